The smallest absolute Gasteiger partial charge is 0.211 e. The highest BCUT2D eigenvalue weighted by Gasteiger charge is 2.15. The summed E-state index contributed by atoms with van der Waals surface area (Å²) in [6, 6.07) is 0. The zero-order valence-electron chi connectivity index (χ0n) is 16.2. The van der Waals surface area contributed by atoms with Crippen molar-refractivity contribution in [3.63, 3.8) is 0 Å². The van der Waals surface area contributed by atoms with Gasteiger partial charge in [0.15, 0.2) is 5.96 Å². The maximum atomic E-state index is 11.5. The molecular formula is C16H35IN4O4S. The molecule has 1 aliphatic heterocycles. The predicted octanol–water partition coefficient (Wildman–Crippen LogP) is 0.884. The molecule has 1 unspecified atom stereocenters. The molecule has 0 saturated carbocycles. The van der Waals surface area contributed by atoms with E-state index in [4.69, 9.17) is 9.47 Å². The fourth-order valence-corrected chi connectivity index (χ4v) is 3.52. The highest BCUT2D eigenvalue weighted by atomic mass is 127. The van der Waals surface area contributed by atoms with E-state index in [1.807, 2.05) is 6.92 Å². The monoisotopic (exact) mass is 506 g/mol. The summed E-state index contributed by atoms with van der Waals surface area (Å²) < 4.78 is 35.5. The van der Waals surface area contributed by atoms with Crippen LogP contribution in [0.3, 0.4) is 0 Å². The predicted molar refractivity (Wildman–Crippen MR) is 116 cm³/mol. The average Bonchev–Trinajstić information content (AvgIpc) is 3.08. The summed E-state index contributed by atoms with van der Waals surface area (Å²) in [5.41, 5.74) is 0. The summed E-state index contributed by atoms with van der Waals surface area (Å²) in [4.78, 5) is 4.16. The molecule has 8 nitrogen and oxygen atoms in total. The van der Waals surface area contributed by atoms with E-state index in [0.717, 1.165) is 58.2 Å². The molecule has 2 N–H and O–H groups in total. The van der Waals surface area contributed by atoms with Crippen molar-refractivity contribution in [1.82, 2.24) is 14.9 Å². The molecule has 0 bridgehead atoms. The highest BCUT2D eigenvalue weighted by Crippen LogP contribution is 2.12. The molecule has 1 heterocycles. The number of guanidine groups is 1. The molecule has 1 fully saturated rings. The average molecular weight is 506 g/mol. The molecule has 0 aromatic rings. The van der Waals surface area contributed by atoms with E-state index in [0.29, 0.717) is 25.6 Å². The third-order valence-corrected chi connectivity index (χ3v) is 5.44. The van der Waals surface area contributed by atoms with E-state index in [2.05, 4.69) is 15.6 Å². The number of aliphatic imine (C=N–C) groups is 1. The zero-order valence-corrected chi connectivity index (χ0v) is 19.3. The van der Waals surface area contributed by atoms with Crippen molar-refractivity contribution in [3.05, 3.63) is 0 Å². The molecule has 0 aliphatic carbocycles. The van der Waals surface area contributed by atoms with E-state index in [1.54, 1.807) is 7.05 Å². The minimum absolute atomic E-state index is 0. The Morgan fingerprint density at radius 3 is 2.54 bits per heavy atom. The van der Waals surface area contributed by atoms with Crippen molar-refractivity contribution in [2.75, 3.05) is 65.9 Å². The van der Waals surface area contributed by atoms with Crippen LogP contribution in [0, 0.1) is 5.92 Å². The second-order valence-electron chi connectivity index (χ2n) is 6.19. The van der Waals surface area contributed by atoms with Crippen LogP contribution >= 0.6 is 24.0 Å². The Morgan fingerprint density at radius 1 is 1.31 bits per heavy atom. The zero-order chi connectivity index (χ0) is 18.5. The van der Waals surface area contributed by atoms with Gasteiger partial charge in [-0.1, -0.05) is 6.92 Å². The molecule has 0 amide bonds. The van der Waals surface area contributed by atoms with Crippen molar-refractivity contribution < 1.29 is 17.9 Å². The summed E-state index contributed by atoms with van der Waals surface area (Å²) in [7, 11) is -1.39. The summed E-state index contributed by atoms with van der Waals surface area (Å²) >= 11 is 0. The van der Waals surface area contributed by atoms with Crippen LogP contribution in [0.5, 0.6) is 0 Å². The standard InChI is InChI=1S/C16H34N4O4S.HI/c1-4-20(25(3,21)22)10-5-8-18-16(17-2)19-9-6-11-23-13-15-7-12-24-14-15;/h15H,4-14H2,1-3H3,(H2,17,18,19);1H. The first-order valence-corrected chi connectivity index (χ1v) is 10.9. The van der Waals surface area contributed by atoms with E-state index in [9.17, 15) is 8.42 Å². The van der Waals surface area contributed by atoms with Gasteiger partial charge in [-0.2, -0.15) is 0 Å². The van der Waals surface area contributed by atoms with Gasteiger partial charge >= 0.3 is 0 Å². The Kier molecular flexibility index (Phi) is 14.7. The molecule has 0 aromatic heterocycles. The van der Waals surface area contributed by atoms with Crippen LogP contribution in [-0.4, -0.2) is 84.6 Å². The molecule has 10 heteroatoms. The van der Waals surface area contributed by atoms with Crippen LogP contribution in [0.25, 0.3) is 0 Å². The molecule has 156 valence electrons. The normalized spacial score (nSPS) is 18.0. The van der Waals surface area contributed by atoms with Gasteiger partial charge in [-0.3, -0.25) is 4.99 Å². The summed E-state index contributed by atoms with van der Waals surface area (Å²) in [5, 5.41) is 6.43. The molecular weight excluding hydrogens is 471 g/mol. The largest absolute Gasteiger partial charge is 0.381 e. The molecule has 26 heavy (non-hydrogen) atoms. The lowest BCUT2D eigenvalue weighted by Crippen LogP contribution is -2.40. The van der Waals surface area contributed by atoms with E-state index >= 15 is 0 Å². The topological polar surface area (TPSA) is 92.3 Å². The first-order chi connectivity index (χ1) is 12.0. The molecule has 0 radical (unpaired) electrons. The second-order valence-corrected chi connectivity index (χ2v) is 8.17. The maximum absolute atomic E-state index is 11.5. The van der Waals surface area contributed by atoms with Crippen molar-refractivity contribution >= 4 is 40.0 Å². The Hall–Kier alpha value is -0.170. The van der Waals surface area contributed by atoms with Gasteiger partial charge in [0.25, 0.3) is 0 Å². The third kappa shape index (κ3) is 11.5. The first-order valence-electron chi connectivity index (χ1n) is 9.02. The van der Waals surface area contributed by atoms with Crippen LogP contribution < -0.4 is 10.6 Å². The summed E-state index contributed by atoms with van der Waals surface area (Å²) in [6.45, 7) is 7.49. The molecule has 1 atom stereocenters. The number of hydrogen-bond acceptors (Lipinski definition) is 5. The minimum atomic E-state index is -3.11. The van der Waals surface area contributed by atoms with E-state index in [-0.39, 0.29) is 24.0 Å². The highest BCUT2D eigenvalue weighted by molar-refractivity contribution is 14.0. The van der Waals surface area contributed by atoms with Crippen molar-refractivity contribution in [1.29, 1.82) is 0 Å². The van der Waals surface area contributed by atoms with Gasteiger partial charge in [-0.25, -0.2) is 12.7 Å². The Balaban J connectivity index is 0.00000625. The molecule has 0 spiro atoms. The Morgan fingerprint density at radius 2 is 2.00 bits per heavy atom. The van der Waals surface area contributed by atoms with Crippen LogP contribution in [-0.2, 0) is 19.5 Å². The number of halogens is 1. The third-order valence-electron chi connectivity index (χ3n) is 4.06. The number of sulfonamides is 1. The number of rotatable bonds is 12. The number of nitrogens with zero attached hydrogens (tertiary/aromatic N) is 2. The van der Waals surface area contributed by atoms with Crippen molar-refractivity contribution in [2.45, 2.75) is 26.2 Å². The van der Waals surface area contributed by atoms with Gasteiger partial charge in [0, 0.05) is 52.4 Å². The molecule has 1 aliphatic rings. The van der Waals surface area contributed by atoms with Crippen molar-refractivity contribution in [2.24, 2.45) is 10.9 Å². The van der Waals surface area contributed by atoms with Gasteiger partial charge in [-0.15, -0.1) is 24.0 Å². The van der Waals surface area contributed by atoms with Crippen LogP contribution in [0.2, 0.25) is 0 Å². The fraction of sp³-hybridized carbons (Fsp3) is 0.938. The summed E-state index contributed by atoms with van der Waals surface area (Å²) in [5.74, 6) is 1.28. The lowest BCUT2D eigenvalue weighted by molar-refractivity contribution is 0.0888. The number of nitrogens with one attached hydrogen (secondary N) is 2. The molecule has 0 aromatic carbocycles. The van der Waals surface area contributed by atoms with Crippen LogP contribution in [0.15, 0.2) is 4.99 Å². The van der Waals surface area contributed by atoms with Gasteiger partial charge < -0.3 is 20.1 Å². The van der Waals surface area contributed by atoms with Gasteiger partial charge in [0.2, 0.25) is 10.0 Å². The lowest BCUT2D eigenvalue weighted by atomic mass is 10.1. The first kappa shape index (κ1) is 25.8. The fourth-order valence-electron chi connectivity index (χ4n) is 2.59. The lowest BCUT2D eigenvalue weighted by Gasteiger charge is -2.18. The Bertz CT molecular complexity index is 485. The van der Waals surface area contributed by atoms with Crippen molar-refractivity contribution in [3.8, 4) is 0 Å². The van der Waals surface area contributed by atoms with Gasteiger partial charge in [0.1, 0.15) is 0 Å². The van der Waals surface area contributed by atoms with Crippen LogP contribution in [0.4, 0.5) is 0 Å². The van der Waals surface area contributed by atoms with Crippen LogP contribution in [0.1, 0.15) is 26.2 Å². The molecule has 1 saturated heterocycles. The quantitative estimate of drug-likeness (QED) is 0.177. The van der Waals surface area contributed by atoms with E-state index < -0.39 is 10.0 Å². The Labute approximate surface area is 175 Å². The summed E-state index contributed by atoms with van der Waals surface area (Å²) in [6.07, 6.45) is 3.98. The number of hydrogen-bond donors (Lipinski definition) is 2. The van der Waals surface area contributed by atoms with Gasteiger partial charge in [-0.05, 0) is 19.3 Å². The SMILES string of the molecule is CCN(CCCNC(=NC)NCCCOCC1CCOC1)S(C)(=O)=O.I. The van der Waals surface area contributed by atoms with Gasteiger partial charge in [0.05, 0.1) is 19.5 Å². The molecule has 1 rings (SSSR count). The van der Waals surface area contributed by atoms with E-state index in [1.165, 1.54) is 10.6 Å². The second kappa shape index (κ2) is 14.8. The minimum Gasteiger partial charge on any atom is -0.381 e. The number of ether oxygens (including phenoxy) is 2. The maximum Gasteiger partial charge on any atom is 0.211 e.